The van der Waals surface area contributed by atoms with Gasteiger partial charge >= 0.3 is 0 Å². The molecule has 0 aliphatic carbocycles. The van der Waals surface area contributed by atoms with Crippen LogP contribution in [0.4, 0.5) is 0 Å². The molecule has 0 bridgehead atoms. The molecule has 0 atom stereocenters. The van der Waals surface area contributed by atoms with Crippen molar-refractivity contribution in [1.82, 2.24) is 10.2 Å². The highest BCUT2D eigenvalue weighted by Crippen LogP contribution is 2.18. The summed E-state index contributed by atoms with van der Waals surface area (Å²) in [7, 11) is 0. The predicted molar refractivity (Wildman–Crippen MR) is 94.6 cm³/mol. The van der Waals surface area contributed by atoms with Gasteiger partial charge in [-0.25, -0.2) is 0 Å². The number of Topliss-reactive ketones (excluding diaryl/α,β-unsaturated/α-hetero) is 1. The minimum absolute atomic E-state index is 0. The average molecular weight is 354 g/mol. The van der Waals surface area contributed by atoms with Crippen LogP contribution in [0.1, 0.15) is 25.3 Å². The molecule has 1 fully saturated rings. The Morgan fingerprint density at radius 3 is 2.42 bits per heavy atom. The molecule has 0 radical (unpaired) electrons. The normalized spacial score (nSPS) is 16.3. The minimum Gasteiger partial charge on any atom is -0.410 e. The third kappa shape index (κ3) is 5.94. The van der Waals surface area contributed by atoms with Gasteiger partial charge in [0.2, 0.25) is 5.71 Å². The van der Waals surface area contributed by atoms with Crippen LogP contribution in [0, 0.1) is 5.92 Å². The number of likely N-dealkylation sites (tertiary alicyclic amines) is 1. The zero-order valence-electron chi connectivity index (χ0n) is 13.8. The third-order valence-corrected chi connectivity index (χ3v) is 4.16. The van der Waals surface area contributed by atoms with E-state index < -0.39 is 17.4 Å². The summed E-state index contributed by atoms with van der Waals surface area (Å²) in [5.41, 5.74) is 0.871. The van der Waals surface area contributed by atoms with Crippen LogP contribution in [0.3, 0.4) is 0 Å². The van der Waals surface area contributed by atoms with E-state index >= 15 is 0 Å². The highest BCUT2D eigenvalue weighted by atomic mass is 35.5. The van der Waals surface area contributed by atoms with E-state index in [1.165, 1.54) is 12.5 Å². The summed E-state index contributed by atoms with van der Waals surface area (Å²) in [6.45, 7) is 4.64. The third-order valence-electron chi connectivity index (χ3n) is 4.16. The number of amides is 1. The second-order valence-corrected chi connectivity index (χ2v) is 5.92. The van der Waals surface area contributed by atoms with E-state index in [-0.39, 0.29) is 12.4 Å². The first-order chi connectivity index (χ1) is 11.1. The van der Waals surface area contributed by atoms with Crippen molar-refractivity contribution < 1.29 is 14.8 Å². The summed E-state index contributed by atoms with van der Waals surface area (Å²) >= 11 is 0. The fourth-order valence-corrected chi connectivity index (χ4v) is 2.79. The largest absolute Gasteiger partial charge is 0.410 e. The van der Waals surface area contributed by atoms with Gasteiger partial charge < -0.3 is 10.5 Å². The van der Waals surface area contributed by atoms with Crippen LogP contribution in [-0.4, -0.2) is 47.1 Å². The van der Waals surface area contributed by atoms with E-state index in [4.69, 9.17) is 5.21 Å². The Hall–Kier alpha value is -1.92. The maximum Gasteiger partial charge on any atom is 0.277 e. The van der Waals surface area contributed by atoms with Crippen LogP contribution in [0.5, 0.6) is 0 Å². The number of carbonyl (C=O) groups excluding carboxylic acids is 2. The molecular weight excluding hydrogens is 330 g/mol. The molecule has 0 unspecified atom stereocenters. The first kappa shape index (κ1) is 20.1. The van der Waals surface area contributed by atoms with Gasteiger partial charge in [-0.3, -0.25) is 14.5 Å². The number of nitrogens with zero attached hydrogens (tertiary/aromatic N) is 2. The van der Waals surface area contributed by atoms with Crippen molar-refractivity contribution in [3.8, 4) is 0 Å². The Bertz CT molecular complexity index is 570. The number of benzene rings is 1. The number of halogens is 1. The van der Waals surface area contributed by atoms with Crippen LogP contribution >= 0.6 is 12.4 Å². The second-order valence-electron chi connectivity index (χ2n) is 5.92. The van der Waals surface area contributed by atoms with Crippen molar-refractivity contribution in [2.24, 2.45) is 11.1 Å². The summed E-state index contributed by atoms with van der Waals surface area (Å²) < 4.78 is 0. The number of rotatable bonds is 6. The van der Waals surface area contributed by atoms with Crippen LogP contribution in [0.2, 0.25) is 0 Å². The molecule has 7 heteroatoms. The number of hydrogen-bond donors (Lipinski definition) is 2. The van der Waals surface area contributed by atoms with Crippen molar-refractivity contribution in [1.29, 1.82) is 0 Å². The van der Waals surface area contributed by atoms with Crippen LogP contribution in [0.15, 0.2) is 35.5 Å². The molecule has 2 N–H and O–H groups in total. The minimum atomic E-state index is -0.605. The van der Waals surface area contributed by atoms with Crippen molar-refractivity contribution in [2.75, 3.05) is 19.6 Å². The van der Waals surface area contributed by atoms with E-state index in [1.807, 2.05) is 18.2 Å². The fraction of sp³-hybridized carbons (Fsp3) is 0.471. The van der Waals surface area contributed by atoms with Crippen molar-refractivity contribution in [3.05, 3.63) is 35.9 Å². The number of ketones is 1. The van der Waals surface area contributed by atoms with E-state index in [0.717, 1.165) is 32.5 Å². The van der Waals surface area contributed by atoms with E-state index in [2.05, 4.69) is 27.5 Å². The molecule has 1 aromatic rings. The van der Waals surface area contributed by atoms with E-state index in [9.17, 15) is 9.59 Å². The van der Waals surface area contributed by atoms with Crippen molar-refractivity contribution >= 4 is 29.8 Å². The lowest BCUT2D eigenvalue weighted by molar-refractivity contribution is -0.117. The average Bonchev–Trinajstić information content (AvgIpc) is 2.55. The Kier molecular flexibility index (Phi) is 8.43. The maximum absolute atomic E-state index is 11.7. The number of piperidine rings is 1. The zero-order valence-corrected chi connectivity index (χ0v) is 14.6. The van der Waals surface area contributed by atoms with E-state index in [1.54, 1.807) is 0 Å². The summed E-state index contributed by atoms with van der Waals surface area (Å²) in [6.07, 6.45) is 2.00. The molecule has 0 aromatic heterocycles. The predicted octanol–water partition coefficient (Wildman–Crippen LogP) is 1.86. The van der Waals surface area contributed by atoms with Gasteiger partial charge in [-0.2, -0.15) is 0 Å². The smallest absolute Gasteiger partial charge is 0.277 e. The van der Waals surface area contributed by atoms with Crippen LogP contribution in [0.25, 0.3) is 0 Å². The van der Waals surface area contributed by atoms with E-state index in [0.29, 0.717) is 12.5 Å². The number of nitrogens with one attached hydrogen (secondary N) is 1. The highest BCUT2D eigenvalue weighted by molar-refractivity contribution is 6.65. The molecule has 0 spiro atoms. The van der Waals surface area contributed by atoms with Gasteiger partial charge in [0, 0.05) is 20.0 Å². The number of carbonyl (C=O) groups is 2. The first-order valence-corrected chi connectivity index (χ1v) is 7.87. The lowest BCUT2D eigenvalue weighted by atomic mass is 9.96. The Balaban J connectivity index is 0.00000288. The molecule has 0 saturated carbocycles. The summed E-state index contributed by atoms with van der Waals surface area (Å²) in [5, 5.41) is 14.1. The topological polar surface area (TPSA) is 82.0 Å². The molecule has 1 saturated heterocycles. The Morgan fingerprint density at radius 2 is 1.88 bits per heavy atom. The van der Waals surface area contributed by atoms with Gasteiger partial charge in [0.05, 0.1) is 0 Å². The maximum atomic E-state index is 11.7. The zero-order chi connectivity index (χ0) is 16.7. The van der Waals surface area contributed by atoms with Gasteiger partial charge in [0.15, 0.2) is 5.78 Å². The van der Waals surface area contributed by atoms with Crippen LogP contribution < -0.4 is 5.32 Å². The molecule has 1 aromatic carbocycles. The van der Waals surface area contributed by atoms with Gasteiger partial charge in [-0.15, -0.1) is 12.4 Å². The van der Waals surface area contributed by atoms with Gasteiger partial charge in [0.1, 0.15) is 0 Å². The quantitative estimate of drug-likeness (QED) is 0.354. The molecule has 1 amide bonds. The second kappa shape index (κ2) is 10.1. The molecular formula is C17H24ClN3O3. The molecule has 24 heavy (non-hydrogen) atoms. The first-order valence-electron chi connectivity index (χ1n) is 7.87. The molecule has 1 aliphatic rings. The van der Waals surface area contributed by atoms with Gasteiger partial charge in [-0.05, 0) is 37.4 Å². The molecule has 6 nitrogen and oxygen atoms in total. The van der Waals surface area contributed by atoms with Gasteiger partial charge in [-0.1, -0.05) is 35.5 Å². The summed E-state index contributed by atoms with van der Waals surface area (Å²) in [5.74, 6) is -0.757. The Morgan fingerprint density at radius 1 is 1.25 bits per heavy atom. The van der Waals surface area contributed by atoms with Crippen molar-refractivity contribution in [2.45, 2.75) is 26.3 Å². The lowest BCUT2D eigenvalue weighted by Crippen LogP contribution is -2.41. The van der Waals surface area contributed by atoms with Gasteiger partial charge in [0.25, 0.3) is 5.91 Å². The molecule has 1 aliphatic heterocycles. The number of oxime groups is 1. The Labute approximate surface area is 148 Å². The molecule has 2 rings (SSSR count). The molecule has 1 heterocycles. The monoisotopic (exact) mass is 353 g/mol. The standard InChI is InChI=1S/C17H23N3O3.ClH/c1-13(21)16(19-23)17(22)18-11-14-7-9-20(10-8-14)12-15-5-3-2-4-6-15;/h2-6,14,23H,7-12H2,1H3,(H,18,22);1H. The van der Waals surface area contributed by atoms with Crippen molar-refractivity contribution in [3.63, 3.8) is 0 Å². The fourth-order valence-electron chi connectivity index (χ4n) is 2.79. The summed E-state index contributed by atoms with van der Waals surface area (Å²) in [6, 6.07) is 10.4. The lowest BCUT2D eigenvalue weighted by Gasteiger charge is -2.32. The summed E-state index contributed by atoms with van der Waals surface area (Å²) in [4.78, 5) is 25.3. The highest BCUT2D eigenvalue weighted by Gasteiger charge is 2.22. The molecule has 132 valence electrons. The van der Waals surface area contributed by atoms with Crippen LogP contribution in [-0.2, 0) is 16.1 Å². The number of hydrogen-bond acceptors (Lipinski definition) is 5. The SMILES string of the molecule is CC(=O)C(=NO)C(=O)NCC1CCN(Cc2ccccc2)CC1.Cl.